The van der Waals surface area contributed by atoms with Crippen LogP contribution in [0.15, 0.2) is 41.6 Å². The van der Waals surface area contributed by atoms with Crippen LogP contribution < -0.4 is 16.1 Å². The molecule has 3 N–H and O–H groups in total. The number of hydrazone groups is 1. The van der Waals surface area contributed by atoms with Crippen molar-refractivity contribution >= 4 is 39.7 Å². The second kappa shape index (κ2) is 6.17. The van der Waals surface area contributed by atoms with Crippen LogP contribution in [-0.4, -0.2) is 28.6 Å². The van der Waals surface area contributed by atoms with Crippen molar-refractivity contribution in [3.05, 3.63) is 41.4 Å². The molecule has 1 aromatic heterocycles. The fourth-order valence-electron chi connectivity index (χ4n) is 2.27. The van der Waals surface area contributed by atoms with Crippen molar-refractivity contribution in [3.8, 4) is 0 Å². The third-order valence-corrected chi connectivity index (χ3v) is 4.19. The standard InChI is InChI=1S/C15H15N5O2S/c1-9-8-17-15(23-9)18-14(22)11-7-12(13(16)21)20(19-11)10-5-3-2-4-6-10/h2-6,8,12H,7H2,1H3,(H2,16,21)(H,17,18,22)/t12-/m1/s1. The molecule has 1 aliphatic heterocycles. The van der Waals surface area contributed by atoms with E-state index in [4.69, 9.17) is 5.73 Å². The molecule has 0 saturated carbocycles. The Hall–Kier alpha value is -2.74. The third kappa shape index (κ3) is 3.21. The first-order valence-electron chi connectivity index (χ1n) is 6.99. The number of aryl methyl sites for hydroxylation is 1. The molecular weight excluding hydrogens is 314 g/mol. The van der Waals surface area contributed by atoms with Crippen molar-refractivity contribution in [2.45, 2.75) is 19.4 Å². The number of nitrogens with zero attached hydrogens (tertiary/aromatic N) is 3. The number of hydrogen-bond donors (Lipinski definition) is 2. The van der Waals surface area contributed by atoms with Gasteiger partial charge in [-0.25, -0.2) is 4.98 Å². The summed E-state index contributed by atoms with van der Waals surface area (Å²) in [4.78, 5) is 29.1. The van der Waals surface area contributed by atoms with Crippen molar-refractivity contribution in [3.63, 3.8) is 0 Å². The summed E-state index contributed by atoms with van der Waals surface area (Å²) >= 11 is 1.38. The molecule has 2 amide bonds. The normalized spacial score (nSPS) is 17.0. The number of nitrogens with two attached hydrogens (primary N) is 1. The smallest absolute Gasteiger partial charge is 0.273 e. The van der Waals surface area contributed by atoms with Crippen LogP contribution in [0.3, 0.4) is 0 Å². The Labute approximate surface area is 136 Å². The minimum atomic E-state index is -0.670. The van der Waals surface area contributed by atoms with Gasteiger partial charge in [-0.15, -0.1) is 11.3 Å². The van der Waals surface area contributed by atoms with Gasteiger partial charge in [-0.3, -0.25) is 19.9 Å². The van der Waals surface area contributed by atoms with Crippen LogP contribution >= 0.6 is 11.3 Å². The Morgan fingerprint density at radius 3 is 2.70 bits per heavy atom. The lowest BCUT2D eigenvalue weighted by atomic mass is 10.1. The van der Waals surface area contributed by atoms with E-state index in [1.54, 1.807) is 6.20 Å². The average Bonchev–Trinajstić information content (AvgIpc) is 3.15. The first-order chi connectivity index (χ1) is 11.0. The maximum absolute atomic E-state index is 12.3. The van der Waals surface area contributed by atoms with E-state index in [1.807, 2.05) is 37.3 Å². The molecule has 118 valence electrons. The van der Waals surface area contributed by atoms with Gasteiger partial charge in [-0.1, -0.05) is 18.2 Å². The van der Waals surface area contributed by atoms with E-state index < -0.39 is 11.9 Å². The lowest BCUT2D eigenvalue weighted by molar-refractivity contribution is -0.119. The van der Waals surface area contributed by atoms with Gasteiger partial charge in [-0.05, 0) is 19.1 Å². The molecule has 0 fully saturated rings. The number of amides is 2. The topological polar surface area (TPSA) is 101 Å². The first-order valence-corrected chi connectivity index (χ1v) is 7.81. The summed E-state index contributed by atoms with van der Waals surface area (Å²) in [5.41, 5.74) is 6.42. The van der Waals surface area contributed by atoms with Gasteiger partial charge < -0.3 is 5.73 Å². The SMILES string of the molecule is Cc1cnc(NC(=O)C2=NN(c3ccccc3)[C@@H](C(N)=O)C2)s1. The lowest BCUT2D eigenvalue weighted by Crippen LogP contribution is -2.39. The molecule has 1 aliphatic rings. The summed E-state index contributed by atoms with van der Waals surface area (Å²) < 4.78 is 0. The maximum atomic E-state index is 12.3. The second-order valence-corrected chi connectivity index (χ2v) is 6.31. The van der Waals surface area contributed by atoms with E-state index in [0.717, 1.165) is 4.88 Å². The molecule has 0 radical (unpaired) electrons. The van der Waals surface area contributed by atoms with Gasteiger partial charge in [0.1, 0.15) is 11.8 Å². The molecule has 0 aliphatic carbocycles. The monoisotopic (exact) mass is 329 g/mol. The number of primary amides is 1. The molecular formula is C15H15N5O2S. The van der Waals surface area contributed by atoms with Gasteiger partial charge >= 0.3 is 0 Å². The quantitative estimate of drug-likeness (QED) is 0.888. The summed E-state index contributed by atoms with van der Waals surface area (Å²) in [5.74, 6) is -0.894. The highest BCUT2D eigenvalue weighted by Gasteiger charge is 2.35. The molecule has 23 heavy (non-hydrogen) atoms. The van der Waals surface area contributed by atoms with Crippen molar-refractivity contribution < 1.29 is 9.59 Å². The summed E-state index contributed by atoms with van der Waals surface area (Å²) in [6.07, 6.45) is 1.85. The molecule has 2 aromatic rings. The number of nitrogens with one attached hydrogen (secondary N) is 1. The first kappa shape index (κ1) is 15.2. The Kier molecular flexibility index (Phi) is 4.07. The highest BCUT2D eigenvalue weighted by molar-refractivity contribution is 7.15. The molecule has 0 unspecified atom stereocenters. The number of thiazole rings is 1. The highest BCUT2D eigenvalue weighted by Crippen LogP contribution is 2.25. The number of benzene rings is 1. The zero-order valence-corrected chi connectivity index (χ0v) is 13.2. The second-order valence-electron chi connectivity index (χ2n) is 5.08. The summed E-state index contributed by atoms with van der Waals surface area (Å²) in [7, 11) is 0. The van der Waals surface area contributed by atoms with Gasteiger partial charge in [0.2, 0.25) is 5.91 Å². The molecule has 8 heteroatoms. The molecule has 3 rings (SSSR count). The van der Waals surface area contributed by atoms with Crippen molar-refractivity contribution in [2.24, 2.45) is 10.8 Å². The molecule has 2 heterocycles. The molecule has 7 nitrogen and oxygen atoms in total. The van der Waals surface area contributed by atoms with Crippen molar-refractivity contribution in [1.82, 2.24) is 4.98 Å². The van der Waals surface area contributed by atoms with Crippen LogP contribution in [0.1, 0.15) is 11.3 Å². The minimum Gasteiger partial charge on any atom is -0.368 e. The Bertz CT molecular complexity index is 771. The summed E-state index contributed by atoms with van der Waals surface area (Å²) in [6.45, 7) is 1.90. The molecule has 1 aromatic carbocycles. The van der Waals surface area contributed by atoms with Crippen LogP contribution in [0.2, 0.25) is 0 Å². The minimum absolute atomic E-state index is 0.167. The van der Waals surface area contributed by atoms with Crippen LogP contribution in [0, 0.1) is 6.92 Å². The van der Waals surface area contributed by atoms with E-state index in [0.29, 0.717) is 10.8 Å². The van der Waals surface area contributed by atoms with Crippen LogP contribution in [-0.2, 0) is 9.59 Å². The fraction of sp³-hybridized carbons (Fsp3) is 0.200. The van der Waals surface area contributed by atoms with Gasteiger partial charge in [0.15, 0.2) is 5.13 Å². The average molecular weight is 329 g/mol. The van der Waals surface area contributed by atoms with E-state index in [9.17, 15) is 9.59 Å². The van der Waals surface area contributed by atoms with E-state index in [-0.39, 0.29) is 18.0 Å². The number of carbonyl (C=O) groups excluding carboxylic acids is 2. The van der Waals surface area contributed by atoms with Crippen molar-refractivity contribution in [1.29, 1.82) is 0 Å². The van der Waals surface area contributed by atoms with Crippen molar-refractivity contribution in [2.75, 3.05) is 10.3 Å². The Morgan fingerprint density at radius 2 is 2.09 bits per heavy atom. The maximum Gasteiger partial charge on any atom is 0.273 e. The highest BCUT2D eigenvalue weighted by atomic mass is 32.1. The molecule has 0 spiro atoms. The Balaban J connectivity index is 1.82. The molecule has 1 atom stereocenters. The van der Waals surface area contributed by atoms with Crippen LogP contribution in [0.25, 0.3) is 0 Å². The number of rotatable bonds is 4. The largest absolute Gasteiger partial charge is 0.368 e. The van der Waals surface area contributed by atoms with Gasteiger partial charge in [0, 0.05) is 17.5 Å². The number of para-hydroxylation sites is 1. The van der Waals surface area contributed by atoms with Gasteiger partial charge in [-0.2, -0.15) is 5.10 Å². The Morgan fingerprint density at radius 1 is 1.35 bits per heavy atom. The summed E-state index contributed by atoms with van der Waals surface area (Å²) in [6, 6.07) is 8.48. The van der Waals surface area contributed by atoms with E-state index in [2.05, 4.69) is 15.4 Å². The van der Waals surface area contributed by atoms with Gasteiger partial charge in [0.05, 0.1) is 5.69 Å². The number of aromatic nitrogens is 1. The number of anilines is 2. The van der Waals surface area contributed by atoms with E-state index in [1.165, 1.54) is 16.3 Å². The number of carbonyl (C=O) groups is 2. The predicted octanol–water partition coefficient (Wildman–Crippen LogP) is 1.51. The molecule has 0 bridgehead atoms. The van der Waals surface area contributed by atoms with Crippen LogP contribution in [0.5, 0.6) is 0 Å². The fourth-order valence-corrected chi connectivity index (χ4v) is 2.93. The summed E-state index contributed by atoms with van der Waals surface area (Å²) in [5, 5.41) is 8.97. The molecule has 0 saturated heterocycles. The predicted molar refractivity (Wildman–Crippen MR) is 89.4 cm³/mol. The zero-order chi connectivity index (χ0) is 16.4. The van der Waals surface area contributed by atoms with E-state index >= 15 is 0 Å². The zero-order valence-electron chi connectivity index (χ0n) is 12.4. The lowest BCUT2D eigenvalue weighted by Gasteiger charge is -2.20. The number of hydrogen-bond acceptors (Lipinski definition) is 6. The van der Waals surface area contributed by atoms with Crippen LogP contribution in [0.4, 0.5) is 10.8 Å². The van der Waals surface area contributed by atoms with Gasteiger partial charge in [0.25, 0.3) is 5.91 Å². The third-order valence-electron chi connectivity index (χ3n) is 3.36.